The van der Waals surface area contributed by atoms with Crippen LogP contribution in [-0.4, -0.2) is 55.8 Å². The molecule has 0 rings (SSSR count). The Morgan fingerprint density at radius 1 is 1.75 bits per heavy atom. The van der Waals surface area contributed by atoms with Crippen LogP contribution in [0.5, 0.6) is 0 Å². The average Bonchev–Trinajstić information content (AvgIpc) is 1.61. The van der Waals surface area contributed by atoms with Gasteiger partial charge in [0.25, 0.3) is 0 Å². The van der Waals surface area contributed by atoms with Crippen LogP contribution in [0.25, 0.3) is 0 Å². The molecule has 0 fully saturated rings. The van der Waals surface area contributed by atoms with Gasteiger partial charge in [0.2, 0.25) is 0 Å². The molecule has 0 saturated heterocycles. The topological polar surface area (TPSA) is 72.5 Å². The SMILES string of the molecule is NCCO[PH](=O)O.[CaH2]. The van der Waals surface area contributed by atoms with E-state index in [-0.39, 0.29) is 50.9 Å². The van der Waals surface area contributed by atoms with E-state index in [9.17, 15) is 4.57 Å². The van der Waals surface area contributed by atoms with Gasteiger partial charge in [-0.3, -0.25) is 4.57 Å². The molecule has 0 saturated carbocycles. The summed E-state index contributed by atoms with van der Waals surface area (Å²) >= 11 is 0. The summed E-state index contributed by atoms with van der Waals surface area (Å²) in [6, 6.07) is 0. The summed E-state index contributed by atoms with van der Waals surface area (Å²) < 4.78 is 13.8. The third-order valence-electron chi connectivity index (χ3n) is 0.343. The minimum atomic E-state index is -2.73. The van der Waals surface area contributed by atoms with E-state index in [1.807, 2.05) is 0 Å². The average molecular weight is 167 g/mol. The Hall–Kier alpha value is 1.37. The Morgan fingerprint density at radius 2 is 2.25 bits per heavy atom. The Kier molecular flexibility index (Phi) is 12.6. The molecule has 0 aliphatic carbocycles. The van der Waals surface area contributed by atoms with Crippen molar-refractivity contribution in [1.82, 2.24) is 0 Å². The van der Waals surface area contributed by atoms with Gasteiger partial charge in [0.15, 0.2) is 0 Å². The van der Waals surface area contributed by atoms with Gasteiger partial charge in [-0.05, 0) is 0 Å². The van der Waals surface area contributed by atoms with Gasteiger partial charge in [-0.25, -0.2) is 0 Å². The molecule has 0 aliphatic rings. The number of rotatable bonds is 3. The molecule has 1 unspecified atom stereocenters. The fraction of sp³-hybridized carbons (Fsp3) is 1.00. The molecule has 1 atom stereocenters. The van der Waals surface area contributed by atoms with E-state index < -0.39 is 8.25 Å². The third kappa shape index (κ3) is 10.4. The Balaban J connectivity index is 0. The Bertz CT molecular complexity index is 70.3. The molecule has 0 aliphatic heterocycles. The van der Waals surface area contributed by atoms with E-state index in [2.05, 4.69) is 4.52 Å². The second-order valence-corrected chi connectivity index (χ2v) is 1.72. The molecule has 0 heterocycles. The molecular weight excluding hydrogens is 157 g/mol. The van der Waals surface area contributed by atoms with Gasteiger partial charge in [0.1, 0.15) is 0 Å². The third-order valence-corrected chi connectivity index (χ3v) is 0.794. The summed E-state index contributed by atoms with van der Waals surface area (Å²) in [5.74, 6) is 0. The second-order valence-electron chi connectivity index (χ2n) is 0.903. The van der Waals surface area contributed by atoms with E-state index in [1.54, 1.807) is 0 Å². The van der Waals surface area contributed by atoms with Crippen molar-refractivity contribution in [1.29, 1.82) is 0 Å². The number of nitrogens with two attached hydrogens (primary N) is 1. The van der Waals surface area contributed by atoms with E-state index in [0.717, 1.165) is 0 Å². The van der Waals surface area contributed by atoms with Crippen LogP contribution in [0.2, 0.25) is 0 Å². The molecule has 0 spiro atoms. The van der Waals surface area contributed by atoms with E-state index in [0.29, 0.717) is 0 Å². The zero-order valence-corrected chi connectivity index (χ0v) is 4.76. The van der Waals surface area contributed by atoms with E-state index in [4.69, 9.17) is 10.6 Å². The zero-order valence-electron chi connectivity index (χ0n) is 3.76. The molecule has 0 aromatic heterocycles. The molecule has 8 heavy (non-hydrogen) atoms. The van der Waals surface area contributed by atoms with Crippen LogP contribution in [0.1, 0.15) is 0 Å². The van der Waals surface area contributed by atoms with Crippen molar-refractivity contribution in [3.8, 4) is 0 Å². The Morgan fingerprint density at radius 3 is 2.38 bits per heavy atom. The van der Waals surface area contributed by atoms with Gasteiger partial charge >= 0.3 is 46.0 Å². The molecule has 4 nitrogen and oxygen atoms in total. The van der Waals surface area contributed by atoms with E-state index in [1.165, 1.54) is 0 Å². The van der Waals surface area contributed by atoms with Gasteiger partial charge in [-0.1, -0.05) is 0 Å². The van der Waals surface area contributed by atoms with Crippen LogP contribution >= 0.6 is 8.25 Å². The molecule has 48 valence electrons. The summed E-state index contributed by atoms with van der Waals surface area (Å²) in [5, 5.41) is 0. The van der Waals surface area contributed by atoms with Crippen molar-refractivity contribution in [2.75, 3.05) is 13.2 Å². The molecule has 0 bridgehead atoms. The molecule has 0 aromatic carbocycles. The van der Waals surface area contributed by atoms with Gasteiger partial charge in [-0.15, -0.1) is 0 Å². The predicted octanol–water partition coefficient (Wildman–Crippen LogP) is -1.57. The van der Waals surface area contributed by atoms with Crippen LogP contribution in [-0.2, 0) is 9.09 Å². The number of hydrogen-bond acceptors (Lipinski definition) is 3. The minimum absolute atomic E-state index is 0. The molecule has 0 amide bonds. The van der Waals surface area contributed by atoms with Gasteiger partial charge < -0.3 is 15.2 Å². The maximum absolute atomic E-state index is 9.67. The van der Waals surface area contributed by atoms with Crippen LogP contribution in [0.4, 0.5) is 0 Å². The van der Waals surface area contributed by atoms with Gasteiger partial charge in [0.05, 0.1) is 6.61 Å². The van der Waals surface area contributed by atoms with Gasteiger partial charge in [0, 0.05) is 6.54 Å². The quantitative estimate of drug-likeness (QED) is 0.393. The first-order valence-corrected chi connectivity index (χ1v) is 3.09. The molecule has 6 heteroatoms. The van der Waals surface area contributed by atoms with Gasteiger partial charge in [-0.2, -0.15) is 0 Å². The molecule has 3 N–H and O–H groups in total. The zero-order chi connectivity index (χ0) is 5.70. The van der Waals surface area contributed by atoms with Crippen molar-refractivity contribution >= 4 is 46.0 Å². The fourth-order valence-corrected chi connectivity index (χ4v) is 0.439. The first-order valence-electron chi connectivity index (χ1n) is 1.83. The second kappa shape index (κ2) is 8.37. The summed E-state index contributed by atoms with van der Waals surface area (Å²) in [6.45, 7) is 0.450. The van der Waals surface area contributed by atoms with Crippen molar-refractivity contribution in [3.05, 3.63) is 0 Å². The first kappa shape index (κ1) is 12.1. The molecular formula is C2H10CaNO3P. The normalized spacial score (nSPS) is 12.2. The number of hydrogen-bond donors (Lipinski definition) is 2. The fourth-order valence-electron chi connectivity index (χ4n) is 0.146. The predicted molar refractivity (Wildman–Crippen MR) is 34.8 cm³/mol. The Labute approximate surface area is 78.3 Å². The first-order chi connectivity index (χ1) is 3.27. The van der Waals surface area contributed by atoms with Crippen molar-refractivity contribution in [2.24, 2.45) is 5.73 Å². The maximum atomic E-state index is 9.67. The van der Waals surface area contributed by atoms with Crippen molar-refractivity contribution < 1.29 is 14.0 Å². The molecule has 0 radical (unpaired) electrons. The van der Waals surface area contributed by atoms with Crippen LogP contribution in [0, 0.1) is 0 Å². The van der Waals surface area contributed by atoms with Crippen molar-refractivity contribution in [3.63, 3.8) is 0 Å². The van der Waals surface area contributed by atoms with Crippen LogP contribution < -0.4 is 5.73 Å². The monoisotopic (exact) mass is 167 g/mol. The van der Waals surface area contributed by atoms with E-state index >= 15 is 0 Å². The van der Waals surface area contributed by atoms with Crippen molar-refractivity contribution in [2.45, 2.75) is 0 Å². The van der Waals surface area contributed by atoms with Crippen LogP contribution in [0.15, 0.2) is 0 Å². The summed E-state index contributed by atoms with van der Waals surface area (Å²) in [4.78, 5) is 7.95. The summed E-state index contributed by atoms with van der Waals surface area (Å²) in [5.41, 5.74) is 4.92. The van der Waals surface area contributed by atoms with Crippen LogP contribution in [0.3, 0.4) is 0 Å². The summed E-state index contributed by atoms with van der Waals surface area (Å²) in [6.07, 6.45) is 0. The molecule has 0 aromatic rings. The summed E-state index contributed by atoms with van der Waals surface area (Å²) in [7, 11) is -2.73. The standard InChI is InChI=1S/C2H8NO3P.Ca.2H/c3-1-2-6-7(4)5;;;/h7H,1-3H2,(H,4,5);;;.